The maximum Gasteiger partial charge on any atom is 0.354 e. The molecule has 0 fully saturated rings. The molecular weight excluding hydrogens is 626 g/mol. The fourth-order valence-electron chi connectivity index (χ4n) is 5.39. The van der Waals surface area contributed by atoms with Crippen molar-refractivity contribution in [3.63, 3.8) is 0 Å². The molecule has 0 radical (unpaired) electrons. The van der Waals surface area contributed by atoms with Crippen molar-refractivity contribution in [2.75, 3.05) is 13.2 Å². The third kappa shape index (κ3) is 15.4. The summed E-state index contributed by atoms with van der Waals surface area (Å²) in [7, 11) is 0. The fourth-order valence-corrected chi connectivity index (χ4v) is 5.39. The quantitative estimate of drug-likeness (QED) is 0.0305. The Labute approximate surface area is 299 Å². The van der Waals surface area contributed by atoms with Crippen LogP contribution in [0.25, 0.3) is 17.2 Å². The molecule has 268 valence electrons. The Hall–Kier alpha value is -4.41. The number of unbranched alkanes of at least 4 members (excludes halogenated alkanes) is 12. The van der Waals surface area contributed by atoms with Gasteiger partial charge in [0.1, 0.15) is 28.9 Å². The van der Waals surface area contributed by atoms with Gasteiger partial charge in [0.2, 0.25) is 0 Å². The van der Waals surface area contributed by atoms with E-state index in [1.54, 1.807) is 31.2 Å². The number of ether oxygens (including phenoxy) is 4. The molecule has 0 saturated carbocycles. The third-order valence-electron chi connectivity index (χ3n) is 8.47. The van der Waals surface area contributed by atoms with E-state index in [0.717, 1.165) is 36.1 Å². The van der Waals surface area contributed by atoms with Crippen molar-refractivity contribution >= 4 is 18.0 Å². The largest absolute Gasteiger partial charge is 0.494 e. The number of nitrogens with zero attached hydrogens (tertiary/aromatic N) is 1. The normalized spacial score (nSPS) is 11.8. The standard InChI is InChI=1S/C43H55NO6/c1-4-6-8-10-12-14-16-30-47-34(3)42(45)49-40-26-20-36(21-27-40)37-22-28-41(29-23-37)50-43(46)38(33-44)32-35-18-24-39(25-19-35)48-31-17-15-13-11-9-7-5-2/h18-29,32,34H,4-17,30-31H2,1-3H3/b38-32+. The molecule has 3 aromatic carbocycles. The van der Waals surface area contributed by atoms with Crippen molar-refractivity contribution in [1.29, 1.82) is 5.26 Å². The van der Waals surface area contributed by atoms with Crippen molar-refractivity contribution in [1.82, 2.24) is 0 Å². The molecule has 50 heavy (non-hydrogen) atoms. The second kappa shape index (κ2) is 23.9. The molecule has 0 aromatic heterocycles. The average molecular weight is 682 g/mol. The summed E-state index contributed by atoms with van der Waals surface area (Å²) in [6.07, 6.45) is 17.8. The molecule has 0 aliphatic carbocycles. The lowest BCUT2D eigenvalue weighted by Crippen LogP contribution is -2.26. The van der Waals surface area contributed by atoms with Crippen LogP contribution in [0.4, 0.5) is 0 Å². The van der Waals surface area contributed by atoms with E-state index in [2.05, 4.69) is 13.8 Å². The first-order valence-corrected chi connectivity index (χ1v) is 18.5. The number of hydrogen-bond donors (Lipinski definition) is 0. The summed E-state index contributed by atoms with van der Waals surface area (Å²) < 4.78 is 22.5. The maximum absolute atomic E-state index is 12.8. The molecule has 7 heteroatoms. The summed E-state index contributed by atoms with van der Waals surface area (Å²) in [6.45, 7) is 7.38. The molecular formula is C43H55NO6. The Balaban J connectivity index is 1.42. The highest BCUT2D eigenvalue weighted by molar-refractivity contribution is 5.99. The summed E-state index contributed by atoms with van der Waals surface area (Å²) in [5.74, 6) is 0.379. The van der Waals surface area contributed by atoms with E-state index in [1.807, 2.05) is 54.6 Å². The van der Waals surface area contributed by atoms with Gasteiger partial charge in [0.05, 0.1) is 6.61 Å². The van der Waals surface area contributed by atoms with Gasteiger partial charge in [0.15, 0.2) is 6.10 Å². The second-order valence-corrected chi connectivity index (χ2v) is 12.7. The lowest BCUT2D eigenvalue weighted by molar-refractivity contribution is -0.146. The third-order valence-corrected chi connectivity index (χ3v) is 8.47. The number of esters is 2. The monoisotopic (exact) mass is 681 g/mol. The van der Waals surface area contributed by atoms with Crippen LogP contribution in [-0.2, 0) is 14.3 Å². The molecule has 0 spiro atoms. The van der Waals surface area contributed by atoms with Gasteiger partial charge in [0, 0.05) is 6.61 Å². The van der Waals surface area contributed by atoms with E-state index in [4.69, 9.17) is 18.9 Å². The molecule has 0 aliphatic rings. The summed E-state index contributed by atoms with van der Waals surface area (Å²) in [5, 5.41) is 9.63. The molecule has 7 nitrogen and oxygen atoms in total. The molecule has 0 amide bonds. The van der Waals surface area contributed by atoms with E-state index in [-0.39, 0.29) is 5.57 Å². The van der Waals surface area contributed by atoms with Gasteiger partial charge < -0.3 is 18.9 Å². The van der Waals surface area contributed by atoms with Gasteiger partial charge in [-0.05, 0) is 78.9 Å². The van der Waals surface area contributed by atoms with Gasteiger partial charge in [-0.3, -0.25) is 0 Å². The molecule has 3 rings (SSSR count). The smallest absolute Gasteiger partial charge is 0.354 e. The first kappa shape index (κ1) is 40.0. The zero-order valence-corrected chi connectivity index (χ0v) is 30.3. The topological polar surface area (TPSA) is 94.9 Å². The van der Waals surface area contributed by atoms with E-state index in [0.29, 0.717) is 30.3 Å². The molecule has 0 bridgehead atoms. The van der Waals surface area contributed by atoms with Crippen LogP contribution >= 0.6 is 0 Å². The van der Waals surface area contributed by atoms with E-state index < -0.39 is 18.0 Å². The predicted octanol–water partition coefficient (Wildman–Crippen LogP) is 11.1. The van der Waals surface area contributed by atoms with Gasteiger partial charge in [0.25, 0.3) is 0 Å². The fraction of sp³-hybridized carbons (Fsp3) is 0.465. The van der Waals surface area contributed by atoms with Crippen molar-refractivity contribution in [2.45, 2.75) is 117 Å². The Bertz CT molecular complexity index is 1470. The Morgan fingerprint density at radius 2 is 1.08 bits per heavy atom. The predicted molar refractivity (Wildman–Crippen MR) is 200 cm³/mol. The van der Waals surface area contributed by atoms with Crippen LogP contribution in [0.5, 0.6) is 17.2 Å². The highest BCUT2D eigenvalue weighted by atomic mass is 16.6. The maximum atomic E-state index is 12.8. The van der Waals surface area contributed by atoms with Crippen LogP contribution in [0.2, 0.25) is 0 Å². The first-order valence-electron chi connectivity index (χ1n) is 18.5. The molecule has 0 saturated heterocycles. The van der Waals surface area contributed by atoms with Crippen LogP contribution in [0.3, 0.4) is 0 Å². The molecule has 1 unspecified atom stereocenters. The van der Waals surface area contributed by atoms with Crippen LogP contribution in [0.15, 0.2) is 78.4 Å². The van der Waals surface area contributed by atoms with Crippen molar-refractivity contribution in [2.24, 2.45) is 0 Å². The van der Waals surface area contributed by atoms with Gasteiger partial charge in [-0.1, -0.05) is 127 Å². The Morgan fingerprint density at radius 1 is 0.620 bits per heavy atom. The lowest BCUT2D eigenvalue weighted by atomic mass is 10.1. The van der Waals surface area contributed by atoms with Crippen molar-refractivity contribution < 1.29 is 28.5 Å². The highest BCUT2D eigenvalue weighted by Gasteiger charge is 2.16. The molecule has 0 aliphatic heterocycles. The highest BCUT2D eigenvalue weighted by Crippen LogP contribution is 2.26. The Morgan fingerprint density at radius 3 is 1.60 bits per heavy atom. The molecule has 0 N–H and O–H groups in total. The number of hydrogen-bond acceptors (Lipinski definition) is 7. The van der Waals surface area contributed by atoms with E-state index in [1.165, 1.54) is 76.7 Å². The zero-order chi connectivity index (χ0) is 35.8. The summed E-state index contributed by atoms with van der Waals surface area (Å²) in [5.41, 5.74) is 2.39. The van der Waals surface area contributed by atoms with E-state index >= 15 is 0 Å². The zero-order valence-electron chi connectivity index (χ0n) is 30.3. The number of carbonyl (C=O) groups is 2. The van der Waals surface area contributed by atoms with Gasteiger partial charge in [-0.25, -0.2) is 9.59 Å². The second-order valence-electron chi connectivity index (χ2n) is 12.7. The summed E-state index contributed by atoms with van der Waals surface area (Å²) in [4.78, 5) is 25.3. The van der Waals surface area contributed by atoms with Crippen LogP contribution < -0.4 is 14.2 Å². The van der Waals surface area contributed by atoms with Gasteiger partial charge >= 0.3 is 11.9 Å². The van der Waals surface area contributed by atoms with Crippen molar-refractivity contribution in [3.8, 4) is 34.4 Å². The Kier molecular flexibility index (Phi) is 19.1. The molecule has 0 heterocycles. The number of benzene rings is 3. The minimum Gasteiger partial charge on any atom is -0.494 e. The van der Waals surface area contributed by atoms with Crippen molar-refractivity contribution in [3.05, 3.63) is 83.9 Å². The lowest BCUT2D eigenvalue weighted by Gasteiger charge is -2.13. The SMILES string of the molecule is CCCCCCCCCOc1ccc(/C=C(\C#N)C(=O)Oc2ccc(-c3ccc(OC(=O)C(C)OCCCCCCCCC)cc3)cc2)cc1. The van der Waals surface area contributed by atoms with Crippen LogP contribution in [0.1, 0.15) is 116 Å². The number of carbonyl (C=O) groups excluding carboxylic acids is 2. The van der Waals surface area contributed by atoms with Crippen LogP contribution in [-0.4, -0.2) is 31.3 Å². The molecule has 3 aromatic rings. The minimum atomic E-state index is -0.730. The minimum absolute atomic E-state index is 0.103. The van der Waals surface area contributed by atoms with Gasteiger partial charge in [-0.15, -0.1) is 0 Å². The number of nitriles is 1. The summed E-state index contributed by atoms with van der Waals surface area (Å²) in [6, 6.07) is 23.5. The van der Waals surface area contributed by atoms with Crippen LogP contribution in [0, 0.1) is 11.3 Å². The van der Waals surface area contributed by atoms with Gasteiger partial charge in [-0.2, -0.15) is 5.26 Å². The number of rotatable bonds is 24. The summed E-state index contributed by atoms with van der Waals surface area (Å²) >= 11 is 0. The molecule has 1 atom stereocenters. The van der Waals surface area contributed by atoms with E-state index in [9.17, 15) is 14.9 Å². The average Bonchev–Trinajstić information content (AvgIpc) is 3.14. The first-order chi connectivity index (χ1) is 24.4.